The smallest absolute Gasteiger partial charge is 0.325 e. The minimum Gasteiger partial charge on any atom is -0.452 e. The normalized spacial score (nSPS) is 10.2. The van der Waals surface area contributed by atoms with Crippen molar-refractivity contribution in [2.45, 2.75) is 0 Å². The molecular formula is C16H11F2N3O2S. The number of carbonyl (C=O) groups is 1. The van der Waals surface area contributed by atoms with Gasteiger partial charge in [0.2, 0.25) is 0 Å². The summed E-state index contributed by atoms with van der Waals surface area (Å²) < 4.78 is 32.1. The second-order valence-electron chi connectivity index (χ2n) is 4.59. The van der Waals surface area contributed by atoms with E-state index in [1.54, 1.807) is 35.8 Å². The molecule has 122 valence electrons. The molecule has 0 saturated carbocycles. The minimum atomic E-state index is -0.836. The molecule has 0 saturated heterocycles. The average Bonchev–Trinajstić information content (AvgIpc) is 3.04. The predicted octanol–water partition coefficient (Wildman–Crippen LogP) is 4.86. The molecule has 5 nitrogen and oxygen atoms in total. The molecule has 0 spiro atoms. The summed E-state index contributed by atoms with van der Waals surface area (Å²) in [6, 6.07) is 8.98. The van der Waals surface area contributed by atoms with Crippen LogP contribution in [0.4, 0.5) is 24.4 Å². The van der Waals surface area contributed by atoms with Crippen LogP contribution in [0.2, 0.25) is 0 Å². The highest BCUT2D eigenvalue weighted by molar-refractivity contribution is 7.13. The zero-order chi connectivity index (χ0) is 16.9. The number of urea groups is 1. The first-order valence-corrected chi connectivity index (χ1v) is 7.69. The summed E-state index contributed by atoms with van der Waals surface area (Å²) >= 11 is 1.27. The van der Waals surface area contributed by atoms with Crippen LogP contribution in [0.25, 0.3) is 0 Å². The van der Waals surface area contributed by atoms with E-state index >= 15 is 0 Å². The molecule has 2 N–H and O–H groups in total. The predicted molar refractivity (Wildman–Crippen MR) is 87.6 cm³/mol. The highest BCUT2D eigenvalue weighted by atomic mass is 32.1. The fourth-order valence-corrected chi connectivity index (χ4v) is 2.40. The number of aromatic nitrogens is 1. The molecule has 1 heterocycles. The van der Waals surface area contributed by atoms with Crippen LogP contribution in [-0.4, -0.2) is 11.0 Å². The van der Waals surface area contributed by atoms with Crippen molar-refractivity contribution in [2.24, 2.45) is 0 Å². The Labute approximate surface area is 139 Å². The molecule has 8 heteroatoms. The number of nitrogens with zero attached hydrogens (tertiary/aromatic N) is 1. The number of halogens is 2. The zero-order valence-electron chi connectivity index (χ0n) is 12.1. The third kappa shape index (κ3) is 3.85. The minimum absolute atomic E-state index is 0.147. The lowest BCUT2D eigenvalue weighted by Gasteiger charge is -2.12. The molecule has 24 heavy (non-hydrogen) atoms. The largest absolute Gasteiger partial charge is 0.452 e. The Balaban J connectivity index is 1.76. The summed E-state index contributed by atoms with van der Waals surface area (Å²) in [5.41, 5.74) is 0.329. The fraction of sp³-hybridized carbons (Fsp3) is 0. The first-order chi connectivity index (χ1) is 11.6. The molecule has 3 aromatic rings. The lowest BCUT2D eigenvalue weighted by Crippen LogP contribution is -2.19. The third-order valence-electron chi connectivity index (χ3n) is 2.90. The highest BCUT2D eigenvalue weighted by Gasteiger charge is 2.12. The average molecular weight is 347 g/mol. The molecule has 2 aromatic carbocycles. The van der Waals surface area contributed by atoms with Crippen LogP contribution in [0.5, 0.6) is 11.5 Å². The summed E-state index contributed by atoms with van der Waals surface area (Å²) in [7, 11) is 0. The van der Waals surface area contributed by atoms with E-state index in [2.05, 4.69) is 15.6 Å². The summed E-state index contributed by atoms with van der Waals surface area (Å²) in [6.45, 7) is 0. The van der Waals surface area contributed by atoms with Gasteiger partial charge in [-0.2, -0.15) is 0 Å². The van der Waals surface area contributed by atoms with Crippen molar-refractivity contribution in [3.8, 4) is 11.5 Å². The SMILES string of the molecule is O=C(Nc1nccs1)Nc1ccccc1Oc1ccc(F)cc1F. The number of benzene rings is 2. The van der Waals surface area contributed by atoms with E-state index in [0.717, 1.165) is 12.1 Å². The van der Waals surface area contributed by atoms with E-state index in [0.29, 0.717) is 10.8 Å². The van der Waals surface area contributed by atoms with Crippen LogP contribution in [0.15, 0.2) is 54.0 Å². The van der Waals surface area contributed by atoms with E-state index in [4.69, 9.17) is 4.74 Å². The summed E-state index contributed by atoms with van der Waals surface area (Å²) in [4.78, 5) is 15.9. The summed E-state index contributed by atoms with van der Waals surface area (Å²) in [5.74, 6) is -1.46. The first kappa shape index (κ1) is 15.9. The van der Waals surface area contributed by atoms with Gasteiger partial charge in [0.1, 0.15) is 5.82 Å². The molecular weight excluding hydrogens is 336 g/mol. The van der Waals surface area contributed by atoms with Crippen LogP contribution < -0.4 is 15.4 Å². The number of carbonyl (C=O) groups excluding carboxylic acids is 1. The molecule has 0 fully saturated rings. The van der Waals surface area contributed by atoms with Crippen LogP contribution in [-0.2, 0) is 0 Å². The van der Waals surface area contributed by atoms with Crippen molar-refractivity contribution in [2.75, 3.05) is 10.6 Å². The van der Waals surface area contributed by atoms with E-state index in [1.165, 1.54) is 17.4 Å². The van der Waals surface area contributed by atoms with Gasteiger partial charge in [-0.1, -0.05) is 12.1 Å². The maximum absolute atomic E-state index is 13.7. The number of para-hydroxylation sites is 2. The number of rotatable bonds is 4. The second kappa shape index (κ2) is 7.05. The van der Waals surface area contributed by atoms with Gasteiger partial charge in [0.15, 0.2) is 22.4 Å². The van der Waals surface area contributed by atoms with Crippen LogP contribution in [0.3, 0.4) is 0 Å². The van der Waals surface area contributed by atoms with Gasteiger partial charge >= 0.3 is 6.03 Å². The van der Waals surface area contributed by atoms with Gasteiger partial charge < -0.3 is 10.1 Å². The summed E-state index contributed by atoms with van der Waals surface area (Å²) in [6.07, 6.45) is 1.56. The first-order valence-electron chi connectivity index (χ1n) is 6.81. The molecule has 0 unspecified atom stereocenters. The zero-order valence-corrected chi connectivity index (χ0v) is 12.9. The Morgan fingerprint density at radius 1 is 1.08 bits per heavy atom. The number of hydrogen-bond acceptors (Lipinski definition) is 4. The maximum Gasteiger partial charge on any atom is 0.325 e. The Morgan fingerprint density at radius 3 is 2.67 bits per heavy atom. The Kier molecular flexibility index (Phi) is 4.66. The van der Waals surface area contributed by atoms with Gasteiger partial charge in [-0.25, -0.2) is 18.6 Å². The van der Waals surface area contributed by atoms with Gasteiger partial charge in [0.25, 0.3) is 0 Å². The quantitative estimate of drug-likeness (QED) is 0.708. The van der Waals surface area contributed by atoms with Gasteiger partial charge in [-0.3, -0.25) is 5.32 Å². The molecule has 0 aliphatic heterocycles. The number of ether oxygens (including phenoxy) is 1. The Bertz CT molecular complexity index is 856. The Hall–Kier alpha value is -3.00. The molecule has 3 rings (SSSR count). The lowest BCUT2D eigenvalue weighted by molar-refractivity contribution is 0.262. The molecule has 0 bridgehead atoms. The van der Waals surface area contributed by atoms with E-state index < -0.39 is 17.7 Å². The van der Waals surface area contributed by atoms with Crippen molar-refractivity contribution in [1.29, 1.82) is 0 Å². The monoisotopic (exact) mass is 347 g/mol. The van der Waals surface area contributed by atoms with Crippen LogP contribution >= 0.6 is 11.3 Å². The highest BCUT2D eigenvalue weighted by Crippen LogP contribution is 2.31. The van der Waals surface area contributed by atoms with E-state index in [-0.39, 0.29) is 11.5 Å². The van der Waals surface area contributed by atoms with Crippen LogP contribution in [0.1, 0.15) is 0 Å². The third-order valence-corrected chi connectivity index (χ3v) is 3.59. The number of thiazole rings is 1. The molecule has 2 amide bonds. The van der Waals surface area contributed by atoms with E-state index in [9.17, 15) is 13.6 Å². The van der Waals surface area contributed by atoms with E-state index in [1.807, 2.05) is 0 Å². The van der Waals surface area contributed by atoms with Crippen molar-refractivity contribution < 1.29 is 18.3 Å². The second-order valence-corrected chi connectivity index (χ2v) is 5.48. The van der Waals surface area contributed by atoms with Gasteiger partial charge in [0.05, 0.1) is 5.69 Å². The molecule has 0 atom stereocenters. The maximum atomic E-state index is 13.7. The number of hydrogen-bond donors (Lipinski definition) is 2. The molecule has 0 aliphatic rings. The number of amides is 2. The number of nitrogens with one attached hydrogen (secondary N) is 2. The van der Waals surface area contributed by atoms with Gasteiger partial charge in [-0.15, -0.1) is 11.3 Å². The lowest BCUT2D eigenvalue weighted by atomic mass is 10.3. The topological polar surface area (TPSA) is 63.2 Å². The molecule has 1 aromatic heterocycles. The van der Waals surface area contributed by atoms with Gasteiger partial charge in [-0.05, 0) is 24.3 Å². The standard InChI is InChI=1S/C16H11F2N3O2S/c17-10-5-6-13(11(18)9-10)23-14-4-2-1-3-12(14)20-15(22)21-16-19-7-8-24-16/h1-9H,(H2,19,20,21,22). The molecule has 0 radical (unpaired) electrons. The van der Waals surface area contributed by atoms with Crippen molar-refractivity contribution in [3.05, 3.63) is 65.7 Å². The number of anilines is 2. The van der Waals surface area contributed by atoms with Gasteiger partial charge in [0, 0.05) is 17.6 Å². The fourth-order valence-electron chi connectivity index (χ4n) is 1.87. The van der Waals surface area contributed by atoms with Crippen molar-refractivity contribution >= 4 is 28.2 Å². The summed E-state index contributed by atoms with van der Waals surface area (Å²) in [5, 5.41) is 7.32. The Morgan fingerprint density at radius 2 is 1.92 bits per heavy atom. The van der Waals surface area contributed by atoms with Crippen molar-refractivity contribution in [1.82, 2.24) is 4.98 Å². The van der Waals surface area contributed by atoms with Crippen LogP contribution in [0, 0.1) is 11.6 Å². The van der Waals surface area contributed by atoms with Crippen molar-refractivity contribution in [3.63, 3.8) is 0 Å². The molecule has 0 aliphatic carbocycles.